The summed E-state index contributed by atoms with van der Waals surface area (Å²) in [5.74, 6) is -0.206. The fourth-order valence-corrected chi connectivity index (χ4v) is 4.46. The maximum absolute atomic E-state index is 12.7. The predicted molar refractivity (Wildman–Crippen MR) is 101 cm³/mol. The molecule has 2 amide bonds. The van der Waals surface area contributed by atoms with Crippen LogP contribution in [0.4, 0.5) is 5.00 Å². The van der Waals surface area contributed by atoms with Gasteiger partial charge in [-0.05, 0) is 42.8 Å². The highest BCUT2D eigenvalue weighted by atomic mass is 35.5. The van der Waals surface area contributed by atoms with Crippen LogP contribution >= 0.6 is 34.3 Å². The second kappa shape index (κ2) is 7.43. The number of hydrogen-bond donors (Lipinski definition) is 1. The van der Waals surface area contributed by atoms with E-state index in [1.54, 1.807) is 30.1 Å². The van der Waals surface area contributed by atoms with Gasteiger partial charge in [0.1, 0.15) is 0 Å². The van der Waals surface area contributed by atoms with E-state index in [1.807, 2.05) is 19.1 Å². The summed E-state index contributed by atoms with van der Waals surface area (Å²) < 4.78 is 5.77. The lowest BCUT2D eigenvalue weighted by Gasteiger charge is -2.15. The number of aryl methyl sites for hydroxylation is 1. The van der Waals surface area contributed by atoms with E-state index in [0.29, 0.717) is 20.8 Å². The maximum Gasteiger partial charge on any atom is 0.291 e. The summed E-state index contributed by atoms with van der Waals surface area (Å²) in [5, 5.41) is 3.36. The van der Waals surface area contributed by atoms with Gasteiger partial charge in [0.2, 0.25) is 0 Å². The van der Waals surface area contributed by atoms with Crippen LogP contribution in [0.2, 0.25) is 4.34 Å². The molecule has 0 aliphatic carbocycles. The lowest BCUT2D eigenvalue weighted by molar-refractivity contribution is 0.0790. The molecule has 1 N–H and O–H groups in total. The van der Waals surface area contributed by atoms with E-state index < -0.39 is 0 Å². The molecule has 0 radical (unpaired) electrons. The fourth-order valence-electron chi connectivity index (χ4n) is 2.25. The molecule has 0 aromatic carbocycles. The molecule has 5 nitrogen and oxygen atoms in total. The standard InChI is InChI=1S/C17H15ClN2O3S2/c1-10-8-14(19-16(21)12-4-3-7-23-12)25-15(10)17(22)20(2)9-11-5-6-13(18)24-11/h3-8H,9H2,1-2H3,(H,19,21). The monoisotopic (exact) mass is 394 g/mol. The molecule has 3 heterocycles. The lowest BCUT2D eigenvalue weighted by Crippen LogP contribution is -2.25. The second-order valence-corrected chi connectivity index (χ2v) is 8.27. The number of nitrogens with one attached hydrogen (secondary N) is 1. The van der Waals surface area contributed by atoms with E-state index in [-0.39, 0.29) is 17.6 Å². The van der Waals surface area contributed by atoms with Crippen molar-refractivity contribution in [3.63, 3.8) is 0 Å². The van der Waals surface area contributed by atoms with Crippen molar-refractivity contribution in [3.05, 3.63) is 62.0 Å². The van der Waals surface area contributed by atoms with Crippen LogP contribution in [0.25, 0.3) is 0 Å². The summed E-state index contributed by atoms with van der Waals surface area (Å²) in [5.41, 5.74) is 0.820. The minimum atomic E-state index is -0.341. The first-order chi connectivity index (χ1) is 11.9. The van der Waals surface area contributed by atoms with E-state index in [1.165, 1.54) is 28.9 Å². The molecule has 0 bridgehead atoms. The molecular formula is C17H15ClN2O3S2. The molecular weight excluding hydrogens is 380 g/mol. The molecule has 8 heteroatoms. The fraction of sp³-hybridized carbons (Fsp3) is 0.176. The molecule has 0 spiro atoms. The highest BCUT2D eigenvalue weighted by Crippen LogP contribution is 2.29. The zero-order valence-electron chi connectivity index (χ0n) is 13.5. The van der Waals surface area contributed by atoms with Crippen LogP contribution in [-0.2, 0) is 6.54 Å². The van der Waals surface area contributed by atoms with Gasteiger partial charge in [0.05, 0.1) is 27.0 Å². The van der Waals surface area contributed by atoms with Crippen molar-refractivity contribution in [3.8, 4) is 0 Å². The SMILES string of the molecule is Cc1cc(NC(=O)c2ccco2)sc1C(=O)N(C)Cc1ccc(Cl)s1. The minimum Gasteiger partial charge on any atom is -0.459 e. The number of anilines is 1. The van der Waals surface area contributed by atoms with Crippen LogP contribution in [0.15, 0.2) is 41.0 Å². The maximum atomic E-state index is 12.7. The third kappa shape index (κ3) is 4.12. The Kier molecular flexibility index (Phi) is 5.27. The second-order valence-electron chi connectivity index (χ2n) is 5.42. The van der Waals surface area contributed by atoms with Gasteiger partial charge in [0, 0.05) is 11.9 Å². The van der Waals surface area contributed by atoms with Crippen molar-refractivity contribution in [2.45, 2.75) is 13.5 Å². The third-order valence-electron chi connectivity index (χ3n) is 3.46. The number of amides is 2. The molecule has 3 aromatic rings. The van der Waals surface area contributed by atoms with Crippen LogP contribution < -0.4 is 5.32 Å². The van der Waals surface area contributed by atoms with Gasteiger partial charge >= 0.3 is 0 Å². The number of furan rings is 1. The first-order valence-electron chi connectivity index (χ1n) is 7.39. The molecule has 0 saturated carbocycles. The Morgan fingerprint density at radius 1 is 1.28 bits per heavy atom. The number of hydrogen-bond acceptors (Lipinski definition) is 5. The van der Waals surface area contributed by atoms with E-state index in [2.05, 4.69) is 5.32 Å². The molecule has 130 valence electrons. The highest BCUT2D eigenvalue weighted by Gasteiger charge is 2.20. The van der Waals surface area contributed by atoms with Crippen molar-refractivity contribution in [1.29, 1.82) is 0 Å². The van der Waals surface area contributed by atoms with E-state index in [4.69, 9.17) is 16.0 Å². The van der Waals surface area contributed by atoms with Gasteiger partial charge in [-0.2, -0.15) is 0 Å². The van der Waals surface area contributed by atoms with Crippen molar-refractivity contribution >= 4 is 51.1 Å². The summed E-state index contributed by atoms with van der Waals surface area (Å²) in [4.78, 5) is 28.0. The minimum absolute atomic E-state index is 0.0921. The number of thiophene rings is 2. The molecule has 0 aliphatic rings. The van der Waals surface area contributed by atoms with Crippen LogP contribution in [0.5, 0.6) is 0 Å². The summed E-state index contributed by atoms with van der Waals surface area (Å²) in [6, 6.07) is 8.75. The number of carbonyl (C=O) groups is 2. The zero-order chi connectivity index (χ0) is 18.0. The van der Waals surface area contributed by atoms with Crippen LogP contribution in [0, 0.1) is 6.92 Å². The first kappa shape index (κ1) is 17.7. The molecule has 3 rings (SSSR count). The van der Waals surface area contributed by atoms with Gasteiger partial charge in [-0.1, -0.05) is 11.6 Å². The average Bonchev–Trinajstić information content (AvgIpc) is 3.28. The average molecular weight is 395 g/mol. The smallest absolute Gasteiger partial charge is 0.291 e. The summed E-state index contributed by atoms with van der Waals surface area (Å²) >= 11 is 8.63. The van der Waals surface area contributed by atoms with Crippen molar-refractivity contribution in [2.24, 2.45) is 0 Å². The Bertz CT molecular complexity index is 899. The quantitative estimate of drug-likeness (QED) is 0.670. The molecule has 0 saturated heterocycles. The van der Waals surface area contributed by atoms with Gasteiger partial charge in [-0.25, -0.2) is 0 Å². The van der Waals surface area contributed by atoms with Gasteiger partial charge in [-0.3, -0.25) is 9.59 Å². The van der Waals surface area contributed by atoms with Crippen LogP contribution in [-0.4, -0.2) is 23.8 Å². The van der Waals surface area contributed by atoms with Crippen molar-refractivity contribution < 1.29 is 14.0 Å². The number of rotatable bonds is 5. The Labute approximate surface area is 157 Å². The number of halogens is 1. The Morgan fingerprint density at radius 2 is 2.08 bits per heavy atom. The molecule has 0 unspecified atom stereocenters. The van der Waals surface area contributed by atoms with Gasteiger partial charge < -0.3 is 14.6 Å². The summed E-state index contributed by atoms with van der Waals surface area (Å²) in [6.07, 6.45) is 1.44. The van der Waals surface area contributed by atoms with Crippen molar-refractivity contribution in [2.75, 3.05) is 12.4 Å². The Balaban J connectivity index is 1.70. The van der Waals surface area contributed by atoms with Gasteiger partial charge in [0.15, 0.2) is 5.76 Å². The topological polar surface area (TPSA) is 62.6 Å². The number of carbonyl (C=O) groups excluding carboxylic acids is 2. The molecule has 0 fully saturated rings. The third-order valence-corrected chi connectivity index (χ3v) is 5.82. The van der Waals surface area contributed by atoms with E-state index in [9.17, 15) is 9.59 Å². The summed E-state index contributed by atoms with van der Waals surface area (Å²) in [6.45, 7) is 2.34. The van der Waals surface area contributed by atoms with Gasteiger partial charge in [0.25, 0.3) is 11.8 Å². The number of nitrogens with zero attached hydrogens (tertiary/aromatic N) is 1. The zero-order valence-corrected chi connectivity index (χ0v) is 15.9. The van der Waals surface area contributed by atoms with Crippen molar-refractivity contribution in [1.82, 2.24) is 4.90 Å². The molecule has 3 aromatic heterocycles. The predicted octanol–water partition coefficient (Wildman–Crippen LogP) is 4.89. The van der Waals surface area contributed by atoms with E-state index in [0.717, 1.165) is 10.4 Å². The van der Waals surface area contributed by atoms with Gasteiger partial charge in [-0.15, -0.1) is 22.7 Å². The largest absolute Gasteiger partial charge is 0.459 e. The normalized spacial score (nSPS) is 10.7. The van der Waals surface area contributed by atoms with E-state index >= 15 is 0 Å². The highest BCUT2D eigenvalue weighted by molar-refractivity contribution is 7.18. The van der Waals surface area contributed by atoms with Crippen LogP contribution in [0.1, 0.15) is 30.7 Å². The van der Waals surface area contributed by atoms with Crippen LogP contribution in [0.3, 0.4) is 0 Å². The molecule has 0 aliphatic heterocycles. The Hall–Kier alpha value is -2.09. The lowest BCUT2D eigenvalue weighted by atomic mass is 10.2. The first-order valence-corrected chi connectivity index (χ1v) is 9.40. The molecule has 25 heavy (non-hydrogen) atoms. The summed E-state index contributed by atoms with van der Waals surface area (Å²) in [7, 11) is 1.75. The Morgan fingerprint density at radius 3 is 2.72 bits per heavy atom. The molecule has 0 atom stereocenters.